The van der Waals surface area contributed by atoms with Gasteiger partial charge in [-0.3, -0.25) is 14.5 Å². The largest absolute Gasteiger partial charge is 0.270 e. The number of aryl methyl sites for hydroxylation is 1. The van der Waals surface area contributed by atoms with E-state index in [1.165, 1.54) is 17.1 Å². The number of carbonyl (C=O) groups is 2. The Kier molecular flexibility index (Phi) is 3.42. The van der Waals surface area contributed by atoms with Gasteiger partial charge in [0.1, 0.15) is 7.05 Å². The van der Waals surface area contributed by atoms with Crippen molar-refractivity contribution < 1.29 is 14.2 Å². The molecule has 1 aromatic rings. The van der Waals surface area contributed by atoms with Crippen molar-refractivity contribution in [2.45, 2.75) is 6.54 Å². The summed E-state index contributed by atoms with van der Waals surface area (Å²) in [5.74, 6) is -0.636. The van der Waals surface area contributed by atoms with E-state index in [1.54, 1.807) is 0 Å². The average molecular weight is 255 g/mol. The van der Waals surface area contributed by atoms with Crippen LogP contribution in [0.1, 0.15) is 5.56 Å². The molecule has 19 heavy (non-hydrogen) atoms. The second-order valence-corrected chi connectivity index (χ2v) is 4.31. The molecule has 1 aliphatic rings. The second kappa shape index (κ2) is 5.02. The average Bonchev–Trinajstić information content (AvgIpc) is 2.62. The first-order valence-corrected chi connectivity index (χ1v) is 5.88. The van der Waals surface area contributed by atoms with E-state index in [0.29, 0.717) is 11.1 Å². The lowest BCUT2D eigenvalue weighted by atomic mass is 10.1. The Hall–Kier alpha value is -2.49. The zero-order valence-corrected chi connectivity index (χ0v) is 10.8. The zero-order valence-electron chi connectivity index (χ0n) is 10.8. The predicted octanol–water partition coefficient (Wildman–Crippen LogP) is 1.05. The highest BCUT2D eigenvalue weighted by Crippen LogP contribution is 2.23. The van der Waals surface area contributed by atoms with E-state index in [2.05, 4.69) is 13.2 Å². The lowest BCUT2D eigenvalue weighted by Gasteiger charge is -2.13. The molecule has 0 N–H and O–H groups in total. The van der Waals surface area contributed by atoms with Gasteiger partial charge in [0, 0.05) is 11.6 Å². The Morgan fingerprint density at radius 2 is 1.79 bits per heavy atom. The summed E-state index contributed by atoms with van der Waals surface area (Å²) in [5, 5.41) is 0. The van der Waals surface area contributed by atoms with Crippen molar-refractivity contribution in [3.63, 3.8) is 0 Å². The lowest BCUT2D eigenvalue weighted by Crippen LogP contribution is -2.33. The van der Waals surface area contributed by atoms with Gasteiger partial charge in [-0.2, -0.15) is 0 Å². The molecule has 2 heterocycles. The number of pyridine rings is 1. The van der Waals surface area contributed by atoms with Crippen LogP contribution in [-0.2, 0) is 23.2 Å². The predicted molar refractivity (Wildman–Crippen MR) is 70.6 cm³/mol. The van der Waals surface area contributed by atoms with Gasteiger partial charge in [0.25, 0.3) is 11.8 Å². The summed E-state index contributed by atoms with van der Waals surface area (Å²) in [6.45, 7) is 7.39. The molecule has 1 aromatic heterocycles. The van der Waals surface area contributed by atoms with Crippen LogP contribution in [0.2, 0.25) is 0 Å². The SMILES string of the molecule is C=CC1=C(C=C)C(=O)N(Cc2ccc[n+](C)c2)C1=O. The summed E-state index contributed by atoms with van der Waals surface area (Å²) in [7, 11) is 1.89. The van der Waals surface area contributed by atoms with Gasteiger partial charge in [-0.25, -0.2) is 4.57 Å². The number of imide groups is 1. The molecule has 0 bridgehead atoms. The smallest absolute Gasteiger partial charge is 0.261 e. The molecule has 0 fully saturated rings. The molecule has 2 amide bonds. The summed E-state index contributed by atoms with van der Waals surface area (Å²) in [4.78, 5) is 25.5. The number of amides is 2. The maximum atomic E-state index is 12.1. The van der Waals surface area contributed by atoms with Crippen molar-refractivity contribution in [1.29, 1.82) is 0 Å². The lowest BCUT2D eigenvalue weighted by molar-refractivity contribution is -0.672. The standard InChI is InChI=1S/C15H15N2O2/c1-4-12-13(5-2)15(19)17(14(12)18)10-11-7-6-8-16(3)9-11/h4-9H,1-2,10H2,3H3/q+1. The van der Waals surface area contributed by atoms with E-state index in [-0.39, 0.29) is 18.4 Å². The fraction of sp³-hybridized carbons (Fsp3) is 0.133. The van der Waals surface area contributed by atoms with Crippen LogP contribution in [-0.4, -0.2) is 16.7 Å². The summed E-state index contributed by atoms with van der Waals surface area (Å²) < 4.78 is 1.87. The highest BCUT2D eigenvalue weighted by Gasteiger charge is 2.35. The molecule has 0 aromatic carbocycles. The first-order valence-electron chi connectivity index (χ1n) is 5.88. The Balaban J connectivity index is 2.29. The maximum absolute atomic E-state index is 12.1. The minimum absolute atomic E-state index is 0.251. The summed E-state index contributed by atoms with van der Waals surface area (Å²) in [5.41, 5.74) is 1.53. The first kappa shape index (κ1) is 13.0. The van der Waals surface area contributed by atoms with E-state index < -0.39 is 0 Å². The molecule has 0 saturated heterocycles. The van der Waals surface area contributed by atoms with Gasteiger partial charge in [-0.1, -0.05) is 25.3 Å². The highest BCUT2D eigenvalue weighted by molar-refractivity contribution is 6.21. The quantitative estimate of drug-likeness (QED) is 0.596. The number of hydrogen-bond acceptors (Lipinski definition) is 2. The van der Waals surface area contributed by atoms with E-state index >= 15 is 0 Å². The maximum Gasteiger partial charge on any atom is 0.261 e. The summed E-state index contributed by atoms with van der Waals surface area (Å²) in [6, 6.07) is 3.75. The third kappa shape index (κ3) is 2.25. The van der Waals surface area contributed by atoms with Crippen molar-refractivity contribution in [3.05, 3.63) is 66.5 Å². The van der Waals surface area contributed by atoms with Crippen molar-refractivity contribution >= 4 is 11.8 Å². The number of carbonyl (C=O) groups excluding carboxylic acids is 2. The molecule has 0 saturated carbocycles. The molecule has 1 aliphatic heterocycles. The molecule has 0 unspecified atom stereocenters. The van der Waals surface area contributed by atoms with Crippen LogP contribution < -0.4 is 4.57 Å². The third-order valence-electron chi connectivity index (χ3n) is 2.99. The molecule has 0 radical (unpaired) electrons. The molecule has 4 nitrogen and oxygen atoms in total. The van der Waals surface area contributed by atoms with Crippen LogP contribution in [0.3, 0.4) is 0 Å². The minimum Gasteiger partial charge on any atom is -0.270 e. The Morgan fingerprint density at radius 1 is 1.21 bits per heavy atom. The number of nitrogens with zero attached hydrogens (tertiary/aromatic N) is 2. The number of hydrogen-bond donors (Lipinski definition) is 0. The van der Waals surface area contributed by atoms with E-state index in [0.717, 1.165) is 5.56 Å². The van der Waals surface area contributed by atoms with Crippen molar-refractivity contribution in [1.82, 2.24) is 4.90 Å². The summed E-state index contributed by atoms with van der Waals surface area (Å²) in [6.07, 6.45) is 6.57. The van der Waals surface area contributed by atoms with Gasteiger partial charge in [0.2, 0.25) is 0 Å². The zero-order chi connectivity index (χ0) is 14.0. The van der Waals surface area contributed by atoms with Gasteiger partial charge in [0.15, 0.2) is 12.4 Å². The van der Waals surface area contributed by atoms with E-state index in [9.17, 15) is 9.59 Å². The van der Waals surface area contributed by atoms with Gasteiger partial charge in [-0.05, 0) is 6.07 Å². The van der Waals surface area contributed by atoms with E-state index in [1.807, 2.05) is 36.1 Å². The van der Waals surface area contributed by atoms with Crippen LogP contribution in [0.25, 0.3) is 0 Å². The third-order valence-corrected chi connectivity index (χ3v) is 2.99. The van der Waals surface area contributed by atoms with Crippen molar-refractivity contribution in [2.75, 3.05) is 0 Å². The van der Waals surface area contributed by atoms with Crippen LogP contribution in [0.15, 0.2) is 61.0 Å². The monoisotopic (exact) mass is 255 g/mol. The summed E-state index contributed by atoms with van der Waals surface area (Å²) >= 11 is 0. The topological polar surface area (TPSA) is 41.3 Å². The molecular formula is C15H15N2O2+. The first-order chi connectivity index (χ1) is 9.08. The fourth-order valence-corrected chi connectivity index (χ4v) is 2.08. The molecule has 96 valence electrons. The molecule has 0 aliphatic carbocycles. The Labute approximate surface area is 112 Å². The van der Waals surface area contributed by atoms with Crippen molar-refractivity contribution in [2.24, 2.45) is 7.05 Å². The normalized spacial score (nSPS) is 15.1. The molecule has 0 spiro atoms. The Morgan fingerprint density at radius 3 is 2.26 bits per heavy atom. The van der Waals surface area contributed by atoms with Crippen LogP contribution in [0.4, 0.5) is 0 Å². The minimum atomic E-state index is -0.318. The van der Waals surface area contributed by atoms with Gasteiger partial charge in [0.05, 0.1) is 17.7 Å². The van der Waals surface area contributed by atoms with E-state index in [4.69, 9.17) is 0 Å². The highest BCUT2D eigenvalue weighted by atomic mass is 16.2. The van der Waals surface area contributed by atoms with Gasteiger partial charge in [-0.15, -0.1) is 0 Å². The molecular weight excluding hydrogens is 240 g/mol. The van der Waals surface area contributed by atoms with Crippen LogP contribution in [0.5, 0.6) is 0 Å². The number of aromatic nitrogens is 1. The molecule has 2 rings (SSSR count). The van der Waals surface area contributed by atoms with Gasteiger partial charge >= 0.3 is 0 Å². The Bertz CT molecular complexity index is 584. The second-order valence-electron chi connectivity index (χ2n) is 4.31. The molecule has 4 heteroatoms. The number of rotatable bonds is 4. The van der Waals surface area contributed by atoms with Crippen LogP contribution in [0, 0.1) is 0 Å². The fourth-order valence-electron chi connectivity index (χ4n) is 2.08. The van der Waals surface area contributed by atoms with Crippen molar-refractivity contribution in [3.8, 4) is 0 Å². The van der Waals surface area contributed by atoms with Crippen LogP contribution >= 0.6 is 0 Å². The molecule has 0 atom stereocenters. The van der Waals surface area contributed by atoms with Gasteiger partial charge < -0.3 is 0 Å².